The SMILES string of the molecule is COc1cc(C(=O)Nc2ccc(OCC(O)CNC(C)C)cc2)cc(OC)c1OC. The minimum atomic E-state index is -0.605. The summed E-state index contributed by atoms with van der Waals surface area (Å²) in [6, 6.07) is 10.4. The van der Waals surface area contributed by atoms with Gasteiger partial charge in [-0.15, -0.1) is 0 Å². The fourth-order valence-corrected chi connectivity index (χ4v) is 2.67. The van der Waals surface area contributed by atoms with Crippen LogP contribution in [-0.2, 0) is 0 Å². The van der Waals surface area contributed by atoms with Crippen molar-refractivity contribution in [2.75, 3.05) is 39.8 Å². The zero-order valence-corrected chi connectivity index (χ0v) is 18.0. The zero-order valence-electron chi connectivity index (χ0n) is 18.0. The summed E-state index contributed by atoms with van der Waals surface area (Å²) in [5, 5.41) is 15.9. The van der Waals surface area contributed by atoms with Gasteiger partial charge in [0.25, 0.3) is 5.91 Å². The van der Waals surface area contributed by atoms with Gasteiger partial charge in [0.2, 0.25) is 5.75 Å². The number of nitrogens with one attached hydrogen (secondary N) is 2. The first-order chi connectivity index (χ1) is 14.4. The summed E-state index contributed by atoms with van der Waals surface area (Å²) < 4.78 is 21.4. The van der Waals surface area contributed by atoms with Gasteiger partial charge in [-0.2, -0.15) is 0 Å². The third kappa shape index (κ3) is 6.53. The monoisotopic (exact) mass is 418 g/mol. The molecule has 0 heterocycles. The Morgan fingerprint density at radius 3 is 2.10 bits per heavy atom. The second-order valence-electron chi connectivity index (χ2n) is 6.92. The molecule has 0 spiro atoms. The van der Waals surface area contributed by atoms with Crippen LogP contribution in [0.1, 0.15) is 24.2 Å². The van der Waals surface area contributed by atoms with Gasteiger partial charge in [-0.1, -0.05) is 13.8 Å². The van der Waals surface area contributed by atoms with Gasteiger partial charge in [-0.25, -0.2) is 0 Å². The van der Waals surface area contributed by atoms with Gasteiger partial charge in [0.1, 0.15) is 18.5 Å². The summed E-state index contributed by atoms with van der Waals surface area (Å²) in [5.74, 6) is 1.50. The Balaban J connectivity index is 1.99. The Morgan fingerprint density at radius 2 is 1.60 bits per heavy atom. The minimum absolute atomic E-state index is 0.177. The van der Waals surface area contributed by atoms with E-state index in [9.17, 15) is 9.90 Å². The first kappa shape index (κ1) is 23.3. The topological polar surface area (TPSA) is 98.3 Å². The van der Waals surface area contributed by atoms with Gasteiger partial charge >= 0.3 is 0 Å². The number of methoxy groups -OCH3 is 3. The van der Waals surface area contributed by atoms with Gasteiger partial charge < -0.3 is 34.7 Å². The number of carbonyl (C=O) groups is 1. The number of aliphatic hydroxyl groups is 1. The van der Waals surface area contributed by atoms with Crippen LogP contribution < -0.4 is 29.6 Å². The van der Waals surface area contributed by atoms with Crippen LogP contribution >= 0.6 is 0 Å². The van der Waals surface area contributed by atoms with E-state index in [-0.39, 0.29) is 12.5 Å². The molecular formula is C22H30N2O6. The second kappa shape index (κ2) is 11.3. The molecule has 0 radical (unpaired) electrons. The van der Waals surface area contributed by atoms with Gasteiger partial charge in [0.15, 0.2) is 11.5 Å². The summed E-state index contributed by atoms with van der Waals surface area (Å²) in [4.78, 5) is 12.6. The lowest BCUT2D eigenvalue weighted by molar-refractivity contribution is 0.102. The summed E-state index contributed by atoms with van der Waals surface area (Å²) in [7, 11) is 4.49. The molecule has 1 unspecified atom stereocenters. The number of anilines is 1. The van der Waals surface area contributed by atoms with Crippen LogP contribution in [-0.4, -0.2) is 57.6 Å². The molecule has 3 N–H and O–H groups in total. The Hall–Kier alpha value is -2.97. The Labute approximate surface area is 177 Å². The predicted molar refractivity (Wildman–Crippen MR) is 115 cm³/mol. The van der Waals surface area contributed by atoms with E-state index in [0.29, 0.717) is 46.8 Å². The molecule has 2 aromatic rings. The molecule has 0 saturated heterocycles. The molecule has 8 nitrogen and oxygen atoms in total. The van der Waals surface area contributed by atoms with Crippen LogP contribution in [0.5, 0.6) is 23.0 Å². The van der Waals surface area contributed by atoms with Crippen molar-refractivity contribution in [3.05, 3.63) is 42.0 Å². The molecule has 0 aliphatic rings. The average Bonchev–Trinajstić information content (AvgIpc) is 2.75. The third-order valence-electron chi connectivity index (χ3n) is 4.24. The molecule has 1 atom stereocenters. The molecule has 0 saturated carbocycles. The molecule has 164 valence electrons. The van der Waals surface area contributed by atoms with E-state index < -0.39 is 6.10 Å². The highest BCUT2D eigenvalue weighted by Crippen LogP contribution is 2.38. The molecule has 2 rings (SSSR count). The summed E-state index contributed by atoms with van der Waals surface area (Å²) >= 11 is 0. The van der Waals surface area contributed by atoms with Crippen molar-refractivity contribution in [2.45, 2.75) is 26.0 Å². The van der Waals surface area contributed by atoms with E-state index >= 15 is 0 Å². The molecule has 2 aromatic carbocycles. The molecule has 0 bridgehead atoms. The Kier molecular flexibility index (Phi) is 8.76. The molecular weight excluding hydrogens is 388 g/mol. The lowest BCUT2D eigenvalue weighted by Gasteiger charge is -2.15. The molecule has 30 heavy (non-hydrogen) atoms. The second-order valence-corrected chi connectivity index (χ2v) is 6.92. The quantitative estimate of drug-likeness (QED) is 0.516. The zero-order chi connectivity index (χ0) is 22.1. The van der Waals surface area contributed by atoms with Crippen molar-refractivity contribution >= 4 is 11.6 Å². The largest absolute Gasteiger partial charge is 0.493 e. The minimum Gasteiger partial charge on any atom is -0.493 e. The van der Waals surface area contributed by atoms with Crippen LogP contribution in [0.4, 0.5) is 5.69 Å². The van der Waals surface area contributed by atoms with Crippen LogP contribution in [0.3, 0.4) is 0 Å². The first-order valence-corrected chi connectivity index (χ1v) is 9.63. The highest BCUT2D eigenvalue weighted by atomic mass is 16.5. The maximum Gasteiger partial charge on any atom is 0.255 e. The Morgan fingerprint density at radius 1 is 1.00 bits per heavy atom. The molecule has 8 heteroatoms. The number of carbonyl (C=O) groups excluding carboxylic acids is 1. The maximum atomic E-state index is 12.6. The average molecular weight is 418 g/mol. The lowest BCUT2D eigenvalue weighted by atomic mass is 10.1. The summed E-state index contributed by atoms with van der Waals surface area (Å²) in [6.07, 6.45) is -0.605. The van der Waals surface area contributed by atoms with Crippen molar-refractivity contribution in [3.63, 3.8) is 0 Å². The van der Waals surface area contributed by atoms with Gasteiger partial charge in [0.05, 0.1) is 21.3 Å². The predicted octanol–water partition coefficient (Wildman–Crippen LogP) is 2.70. The Bertz CT molecular complexity index is 798. The van der Waals surface area contributed by atoms with E-state index in [2.05, 4.69) is 10.6 Å². The number of hydrogen-bond donors (Lipinski definition) is 3. The fourth-order valence-electron chi connectivity index (χ4n) is 2.67. The van der Waals surface area contributed by atoms with Crippen molar-refractivity contribution < 1.29 is 28.8 Å². The van der Waals surface area contributed by atoms with E-state index in [0.717, 1.165) is 0 Å². The van der Waals surface area contributed by atoms with Crippen LogP contribution in [0.15, 0.2) is 36.4 Å². The first-order valence-electron chi connectivity index (χ1n) is 9.63. The number of benzene rings is 2. The van der Waals surface area contributed by atoms with Crippen molar-refractivity contribution in [2.24, 2.45) is 0 Å². The number of rotatable bonds is 11. The van der Waals surface area contributed by atoms with Gasteiger partial charge in [-0.3, -0.25) is 4.79 Å². The van der Waals surface area contributed by atoms with E-state index in [1.165, 1.54) is 21.3 Å². The lowest BCUT2D eigenvalue weighted by Crippen LogP contribution is -2.35. The highest BCUT2D eigenvalue weighted by molar-refractivity contribution is 6.05. The highest BCUT2D eigenvalue weighted by Gasteiger charge is 2.17. The van der Waals surface area contributed by atoms with E-state index in [1.54, 1.807) is 36.4 Å². The van der Waals surface area contributed by atoms with Crippen molar-refractivity contribution in [3.8, 4) is 23.0 Å². The smallest absolute Gasteiger partial charge is 0.255 e. The molecule has 0 aliphatic heterocycles. The van der Waals surface area contributed by atoms with Crippen molar-refractivity contribution in [1.82, 2.24) is 5.32 Å². The number of amides is 1. The fraction of sp³-hybridized carbons (Fsp3) is 0.409. The number of hydrogen-bond acceptors (Lipinski definition) is 7. The van der Waals surface area contributed by atoms with E-state index in [4.69, 9.17) is 18.9 Å². The number of aliphatic hydroxyl groups excluding tert-OH is 1. The van der Waals surface area contributed by atoms with Gasteiger partial charge in [-0.05, 0) is 36.4 Å². The number of ether oxygens (including phenoxy) is 4. The summed E-state index contributed by atoms with van der Waals surface area (Å²) in [5.41, 5.74) is 0.966. The van der Waals surface area contributed by atoms with Gasteiger partial charge in [0, 0.05) is 23.8 Å². The third-order valence-corrected chi connectivity index (χ3v) is 4.24. The van der Waals surface area contributed by atoms with Crippen LogP contribution in [0.2, 0.25) is 0 Å². The molecule has 0 aromatic heterocycles. The summed E-state index contributed by atoms with van der Waals surface area (Å²) in [6.45, 7) is 4.66. The maximum absolute atomic E-state index is 12.6. The van der Waals surface area contributed by atoms with Crippen molar-refractivity contribution in [1.29, 1.82) is 0 Å². The normalized spacial score (nSPS) is 11.7. The molecule has 0 fully saturated rings. The van der Waals surface area contributed by atoms with Crippen LogP contribution in [0.25, 0.3) is 0 Å². The molecule has 0 aliphatic carbocycles. The standard InChI is InChI=1S/C22H30N2O6/c1-14(2)23-12-17(25)13-30-18-8-6-16(7-9-18)24-22(26)15-10-19(27-3)21(29-5)20(11-15)28-4/h6-11,14,17,23,25H,12-13H2,1-5H3,(H,24,26). The molecule has 1 amide bonds. The van der Waals surface area contributed by atoms with Crippen LogP contribution in [0, 0.1) is 0 Å². The van der Waals surface area contributed by atoms with E-state index in [1.807, 2.05) is 13.8 Å².